The van der Waals surface area contributed by atoms with E-state index < -0.39 is 0 Å². The van der Waals surface area contributed by atoms with Crippen LogP contribution in [0, 0.1) is 0 Å². The molecule has 4 rings (SSSR count). The molecule has 1 heterocycles. The fourth-order valence-corrected chi connectivity index (χ4v) is 3.86. The Labute approximate surface area is 235 Å². The molecule has 0 saturated carbocycles. The summed E-state index contributed by atoms with van der Waals surface area (Å²) in [5.74, 6) is 1.28. The summed E-state index contributed by atoms with van der Waals surface area (Å²) in [4.78, 5) is 4.45. The van der Waals surface area contributed by atoms with Crippen molar-refractivity contribution >= 4 is 71.9 Å². The van der Waals surface area contributed by atoms with Crippen molar-refractivity contribution in [3.05, 3.63) is 93.0 Å². The van der Waals surface area contributed by atoms with Gasteiger partial charge < -0.3 is 21.1 Å². The van der Waals surface area contributed by atoms with E-state index in [0.717, 1.165) is 48.7 Å². The number of hydrogen-bond donors (Lipinski definition) is 3. The van der Waals surface area contributed by atoms with Gasteiger partial charge in [-0.3, -0.25) is 0 Å². The Morgan fingerprint density at radius 3 is 1.91 bits per heavy atom. The number of nitrogens with one attached hydrogen (secondary N) is 2. The topological polar surface area (TPSA) is 71.7 Å². The van der Waals surface area contributed by atoms with Crippen molar-refractivity contribution < 1.29 is 4.74 Å². The molecule has 3 aromatic carbocycles. The van der Waals surface area contributed by atoms with Gasteiger partial charge in [-0.05, 0) is 53.4 Å². The summed E-state index contributed by atoms with van der Waals surface area (Å²) in [6.07, 6.45) is -0.183. The molecular weight excluding hydrogens is 550 g/mol. The largest absolute Gasteiger partial charge is 0.481 e. The van der Waals surface area contributed by atoms with Gasteiger partial charge in [-0.25, -0.2) is 4.99 Å². The van der Waals surface area contributed by atoms with Crippen molar-refractivity contribution in [3.63, 3.8) is 0 Å². The summed E-state index contributed by atoms with van der Waals surface area (Å²) in [7, 11) is 0. The van der Waals surface area contributed by atoms with Crippen LogP contribution in [-0.2, 0) is 26.2 Å². The van der Waals surface area contributed by atoms with E-state index in [-0.39, 0.29) is 43.3 Å². The van der Waals surface area contributed by atoms with Crippen molar-refractivity contribution in [2.75, 3.05) is 0 Å². The lowest BCUT2D eigenvalue weighted by atomic mass is 10.1. The van der Waals surface area contributed by atoms with E-state index in [0.29, 0.717) is 15.9 Å². The van der Waals surface area contributed by atoms with Gasteiger partial charge in [0.05, 0.1) is 10.0 Å². The Morgan fingerprint density at radius 1 is 0.771 bits per heavy atom. The molecule has 1 atom stereocenters. The Balaban J connectivity index is 0.00000204. The Kier molecular flexibility index (Phi) is 13.2. The van der Waals surface area contributed by atoms with Gasteiger partial charge in [-0.2, -0.15) is 0 Å². The summed E-state index contributed by atoms with van der Waals surface area (Å²) < 4.78 is 5.76. The van der Waals surface area contributed by atoms with Crippen LogP contribution >= 0.6 is 60.4 Å². The molecule has 0 aromatic heterocycles. The zero-order valence-corrected chi connectivity index (χ0v) is 23.1. The van der Waals surface area contributed by atoms with Crippen molar-refractivity contribution in [1.82, 2.24) is 10.6 Å². The molecule has 0 radical (unpaired) electrons. The number of benzene rings is 3. The van der Waals surface area contributed by atoms with Gasteiger partial charge >= 0.3 is 0 Å². The van der Waals surface area contributed by atoms with E-state index in [9.17, 15) is 0 Å². The molecule has 3 aromatic rings. The summed E-state index contributed by atoms with van der Waals surface area (Å²) in [5.41, 5.74) is 11.4. The lowest BCUT2D eigenvalue weighted by molar-refractivity contribution is 0.281. The first-order valence-corrected chi connectivity index (χ1v) is 11.3. The van der Waals surface area contributed by atoms with Gasteiger partial charge in [0.25, 0.3) is 0 Å². The van der Waals surface area contributed by atoms with E-state index in [1.165, 1.54) is 11.1 Å². The fraction of sp³-hybridized carbons (Fsp3) is 0.240. The molecule has 0 saturated heterocycles. The minimum Gasteiger partial charge on any atom is -0.481 e. The minimum absolute atomic E-state index is 0. The quantitative estimate of drug-likeness (QED) is 0.281. The maximum atomic E-state index is 6.09. The first kappa shape index (κ1) is 31.3. The third-order valence-electron chi connectivity index (χ3n) is 5.29. The number of amidine groups is 1. The summed E-state index contributed by atoms with van der Waals surface area (Å²) in [6.45, 7) is 4.91. The second-order valence-corrected chi connectivity index (χ2v) is 8.69. The molecule has 10 heteroatoms. The molecule has 0 fully saturated rings. The Bertz CT molecular complexity index is 1140. The predicted molar refractivity (Wildman–Crippen MR) is 154 cm³/mol. The molecule has 0 aliphatic carbocycles. The highest BCUT2D eigenvalue weighted by Crippen LogP contribution is 2.32. The molecule has 5 nitrogen and oxygen atoms in total. The summed E-state index contributed by atoms with van der Waals surface area (Å²) >= 11 is 12.1. The molecular formula is C25H29Cl5N4O. The lowest BCUT2D eigenvalue weighted by Crippen LogP contribution is -2.33. The van der Waals surface area contributed by atoms with Crippen molar-refractivity contribution in [2.24, 2.45) is 10.7 Å². The van der Waals surface area contributed by atoms with Crippen LogP contribution in [0.1, 0.15) is 29.2 Å². The second-order valence-electron chi connectivity index (χ2n) is 7.87. The van der Waals surface area contributed by atoms with Gasteiger partial charge in [0.1, 0.15) is 17.3 Å². The highest BCUT2D eigenvalue weighted by atomic mass is 35.5. The molecule has 190 valence electrons. The normalized spacial score (nSPS) is 13.8. The first-order valence-electron chi connectivity index (χ1n) is 10.5. The molecule has 1 unspecified atom stereocenters. The molecule has 0 amide bonds. The van der Waals surface area contributed by atoms with E-state index in [2.05, 4.69) is 46.0 Å². The van der Waals surface area contributed by atoms with Gasteiger partial charge in [-0.15, -0.1) is 37.2 Å². The molecule has 0 bridgehead atoms. The van der Waals surface area contributed by atoms with Crippen LogP contribution in [0.25, 0.3) is 0 Å². The van der Waals surface area contributed by atoms with E-state index in [4.69, 9.17) is 33.7 Å². The SMILES string of the molecule is CC1Oc2ccc(CNCc3cccc(CNCc4ccc(Cl)c(Cl)c4)c3)cc2N=C1N.Cl.Cl.Cl. The lowest BCUT2D eigenvalue weighted by Gasteiger charge is -2.21. The third-order valence-corrected chi connectivity index (χ3v) is 6.02. The fourth-order valence-electron chi connectivity index (χ4n) is 3.54. The van der Waals surface area contributed by atoms with Gasteiger partial charge in [0, 0.05) is 26.2 Å². The van der Waals surface area contributed by atoms with Gasteiger partial charge in [-0.1, -0.05) is 59.6 Å². The summed E-state index contributed by atoms with van der Waals surface area (Å²) in [5, 5.41) is 8.10. The van der Waals surface area contributed by atoms with E-state index >= 15 is 0 Å². The molecule has 35 heavy (non-hydrogen) atoms. The van der Waals surface area contributed by atoms with Crippen molar-refractivity contribution in [3.8, 4) is 5.75 Å². The number of halogens is 5. The molecule has 1 aliphatic heterocycles. The third kappa shape index (κ3) is 8.72. The Morgan fingerprint density at radius 2 is 1.31 bits per heavy atom. The van der Waals surface area contributed by atoms with Crippen molar-refractivity contribution in [2.45, 2.75) is 39.2 Å². The molecule has 4 N–H and O–H groups in total. The number of fused-ring (bicyclic) bond motifs is 1. The van der Waals surface area contributed by atoms with Crippen LogP contribution in [0.3, 0.4) is 0 Å². The number of rotatable bonds is 8. The number of hydrogen-bond acceptors (Lipinski definition) is 5. The minimum atomic E-state index is -0.183. The summed E-state index contributed by atoms with van der Waals surface area (Å²) in [6, 6.07) is 20.3. The molecule has 0 spiro atoms. The van der Waals surface area contributed by atoms with Crippen LogP contribution in [0.4, 0.5) is 5.69 Å². The maximum Gasteiger partial charge on any atom is 0.153 e. The van der Waals surface area contributed by atoms with Gasteiger partial charge in [0.2, 0.25) is 0 Å². The van der Waals surface area contributed by atoms with E-state index in [1.54, 1.807) is 0 Å². The maximum absolute atomic E-state index is 6.09. The zero-order valence-electron chi connectivity index (χ0n) is 19.1. The number of aliphatic imine (C=N–C) groups is 1. The average molecular weight is 579 g/mol. The monoisotopic (exact) mass is 576 g/mol. The van der Waals surface area contributed by atoms with Crippen LogP contribution in [-0.4, -0.2) is 11.9 Å². The number of ether oxygens (including phenoxy) is 1. The predicted octanol–water partition coefficient (Wildman–Crippen LogP) is 6.61. The Hall–Kier alpha value is -1.70. The standard InChI is InChI=1S/C25H26Cl2N4O.3ClH/c1-16-25(28)31-23-11-20(6-8-24(23)32-16)15-30-13-18-4-2-3-17(9-18)12-29-14-19-5-7-21(26)22(27)10-19;;;/h2-11,16,29-30H,12-15H2,1H3,(H2,28,31);3*1H. The average Bonchev–Trinajstić information content (AvgIpc) is 2.77. The van der Waals surface area contributed by atoms with Crippen LogP contribution in [0.5, 0.6) is 5.75 Å². The first-order chi connectivity index (χ1) is 15.5. The zero-order chi connectivity index (χ0) is 22.5. The smallest absolute Gasteiger partial charge is 0.153 e. The van der Waals surface area contributed by atoms with Crippen LogP contribution < -0.4 is 21.1 Å². The van der Waals surface area contributed by atoms with E-state index in [1.807, 2.05) is 37.3 Å². The number of nitrogens with zero attached hydrogens (tertiary/aromatic N) is 1. The number of nitrogens with two attached hydrogens (primary N) is 1. The van der Waals surface area contributed by atoms with Crippen molar-refractivity contribution in [1.29, 1.82) is 0 Å². The van der Waals surface area contributed by atoms with Crippen LogP contribution in [0.15, 0.2) is 65.7 Å². The highest BCUT2D eigenvalue weighted by molar-refractivity contribution is 6.42. The van der Waals surface area contributed by atoms with Crippen LogP contribution in [0.2, 0.25) is 10.0 Å². The highest BCUT2D eigenvalue weighted by Gasteiger charge is 2.18. The van der Waals surface area contributed by atoms with Gasteiger partial charge in [0.15, 0.2) is 6.10 Å². The second kappa shape index (κ2) is 14.8. The molecule has 1 aliphatic rings.